The van der Waals surface area contributed by atoms with E-state index in [9.17, 15) is 18.0 Å². The Labute approximate surface area is 248 Å². The number of carbonyl (C=O) groups is 2. The molecule has 1 aliphatic rings. The van der Waals surface area contributed by atoms with Gasteiger partial charge in [0, 0.05) is 52.6 Å². The number of piperidine rings is 1. The van der Waals surface area contributed by atoms with Crippen molar-refractivity contribution in [3.8, 4) is 0 Å². The number of carbonyl (C=O) groups excluding carboxylic acids is 2. The average Bonchev–Trinajstić information content (AvgIpc) is 2.88. The first-order chi connectivity index (χ1) is 18.9. The van der Waals surface area contributed by atoms with Crippen LogP contribution in [0, 0.1) is 5.92 Å². The Morgan fingerprint density at radius 2 is 1.75 bits per heavy atom. The Morgan fingerprint density at radius 3 is 2.40 bits per heavy atom. The van der Waals surface area contributed by atoms with Gasteiger partial charge in [-0.3, -0.25) is 9.59 Å². The van der Waals surface area contributed by atoms with Crippen molar-refractivity contribution in [1.29, 1.82) is 0 Å². The highest BCUT2D eigenvalue weighted by Gasteiger charge is 2.26. The molecule has 0 spiro atoms. The van der Waals surface area contributed by atoms with E-state index in [1.807, 2.05) is 11.8 Å². The molecule has 1 atom stereocenters. The van der Waals surface area contributed by atoms with E-state index < -0.39 is 15.7 Å². The number of hydrogen-bond acceptors (Lipinski definition) is 6. The largest absolute Gasteiger partial charge is 0.355 e. The lowest BCUT2D eigenvalue weighted by Crippen LogP contribution is -2.37. The molecular weight excluding hydrogens is 595 g/mol. The summed E-state index contributed by atoms with van der Waals surface area (Å²) >= 11 is 18.3. The van der Waals surface area contributed by atoms with Crippen molar-refractivity contribution in [3.63, 3.8) is 0 Å². The van der Waals surface area contributed by atoms with Gasteiger partial charge in [0.1, 0.15) is 0 Å². The minimum atomic E-state index is -3.55. The highest BCUT2D eigenvalue weighted by molar-refractivity contribution is 7.90. The van der Waals surface area contributed by atoms with Gasteiger partial charge in [-0.25, -0.2) is 13.4 Å². The fourth-order valence-electron chi connectivity index (χ4n) is 4.65. The summed E-state index contributed by atoms with van der Waals surface area (Å²) in [5.74, 6) is 0.125. The first kappa shape index (κ1) is 30.1. The second kappa shape index (κ2) is 12.8. The maximum Gasteiger partial charge on any atom is 0.255 e. The van der Waals surface area contributed by atoms with Crippen LogP contribution in [-0.2, 0) is 14.6 Å². The lowest BCUT2D eigenvalue weighted by Gasteiger charge is -2.34. The van der Waals surface area contributed by atoms with Crippen LogP contribution >= 0.6 is 34.8 Å². The molecule has 2 aromatic carbocycles. The fraction of sp³-hybridized carbons (Fsp3) is 0.321. The molecule has 40 heavy (non-hydrogen) atoms. The van der Waals surface area contributed by atoms with E-state index in [1.165, 1.54) is 18.3 Å². The second-order valence-corrected chi connectivity index (χ2v) is 13.2. The molecule has 0 bridgehead atoms. The van der Waals surface area contributed by atoms with E-state index in [-0.39, 0.29) is 28.4 Å². The van der Waals surface area contributed by atoms with Crippen LogP contribution in [0.1, 0.15) is 48.1 Å². The first-order valence-electron chi connectivity index (χ1n) is 12.7. The summed E-state index contributed by atoms with van der Waals surface area (Å²) in [5.41, 5.74) is 1.42. The van der Waals surface area contributed by atoms with Crippen molar-refractivity contribution in [2.75, 3.05) is 29.6 Å². The summed E-state index contributed by atoms with van der Waals surface area (Å²) in [4.78, 5) is 32.1. The molecule has 1 aromatic heterocycles. The third kappa shape index (κ3) is 7.66. The van der Waals surface area contributed by atoms with Gasteiger partial charge in [0.25, 0.3) is 5.91 Å². The van der Waals surface area contributed by atoms with Gasteiger partial charge in [-0.15, -0.1) is 0 Å². The van der Waals surface area contributed by atoms with Crippen LogP contribution in [0.25, 0.3) is 0 Å². The lowest BCUT2D eigenvalue weighted by atomic mass is 9.93. The minimum absolute atomic E-state index is 0.000822. The quantitative estimate of drug-likeness (QED) is 0.310. The smallest absolute Gasteiger partial charge is 0.255 e. The van der Waals surface area contributed by atoms with Gasteiger partial charge >= 0.3 is 0 Å². The average molecular weight is 624 g/mol. The maximum absolute atomic E-state index is 12.9. The molecule has 0 saturated carbocycles. The molecule has 8 nitrogen and oxygen atoms in total. The highest BCUT2D eigenvalue weighted by Crippen LogP contribution is 2.32. The number of rotatable bonds is 8. The maximum atomic E-state index is 12.9. The number of hydrogen-bond donors (Lipinski definition) is 2. The van der Waals surface area contributed by atoms with Gasteiger partial charge in [-0.05, 0) is 67.6 Å². The molecule has 3 aromatic rings. The van der Waals surface area contributed by atoms with Crippen LogP contribution in [-0.4, -0.2) is 44.6 Å². The minimum Gasteiger partial charge on any atom is -0.355 e. The van der Waals surface area contributed by atoms with Gasteiger partial charge in [0.2, 0.25) is 5.91 Å². The summed E-state index contributed by atoms with van der Waals surface area (Å²) in [6.07, 6.45) is 4.19. The Kier molecular flexibility index (Phi) is 9.61. The van der Waals surface area contributed by atoms with Gasteiger partial charge in [-0.2, -0.15) is 0 Å². The molecule has 12 heteroatoms. The lowest BCUT2D eigenvalue weighted by molar-refractivity contribution is -0.122. The molecule has 4 rings (SSSR count). The number of anilines is 2. The molecule has 1 aliphatic heterocycles. The van der Waals surface area contributed by atoms with E-state index in [0.29, 0.717) is 46.0 Å². The van der Waals surface area contributed by atoms with Crippen molar-refractivity contribution in [3.05, 3.63) is 80.9 Å². The van der Waals surface area contributed by atoms with Gasteiger partial charge in [0.15, 0.2) is 15.7 Å². The molecule has 2 amide bonds. The number of sulfone groups is 1. The molecular formula is C28H29Cl3N4O4S. The molecule has 1 fully saturated rings. The van der Waals surface area contributed by atoms with Gasteiger partial charge in [0.05, 0.1) is 16.6 Å². The van der Waals surface area contributed by atoms with Crippen molar-refractivity contribution in [2.24, 2.45) is 5.92 Å². The zero-order valence-electron chi connectivity index (χ0n) is 22.0. The van der Waals surface area contributed by atoms with Crippen LogP contribution < -0.4 is 15.5 Å². The molecule has 2 N–H and O–H groups in total. The van der Waals surface area contributed by atoms with E-state index >= 15 is 0 Å². The third-order valence-corrected chi connectivity index (χ3v) is 8.68. The van der Waals surface area contributed by atoms with Crippen molar-refractivity contribution < 1.29 is 18.0 Å². The van der Waals surface area contributed by atoms with Crippen LogP contribution in [0.5, 0.6) is 0 Å². The predicted molar refractivity (Wildman–Crippen MR) is 159 cm³/mol. The highest BCUT2D eigenvalue weighted by atomic mass is 35.5. The number of halogens is 3. The van der Waals surface area contributed by atoms with Crippen LogP contribution in [0.4, 0.5) is 11.5 Å². The van der Waals surface area contributed by atoms with Gasteiger partial charge < -0.3 is 15.5 Å². The van der Waals surface area contributed by atoms with Gasteiger partial charge in [-0.1, -0.05) is 46.9 Å². The van der Waals surface area contributed by atoms with Crippen molar-refractivity contribution >= 4 is 68.0 Å². The zero-order valence-corrected chi connectivity index (χ0v) is 25.0. The first-order valence-corrected chi connectivity index (χ1v) is 15.7. The van der Waals surface area contributed by atoms with Crippen molar-refractivity contribution in [1.82, 2.24) is 10.3 Å². The zero-order chi connectivity index (χ0) is 29.0. The summed E-state index contributed by atoms with van der Waals surface area (Å²) in [6.45, 7) is 3.05. The molecule has 1 unspecified atom stereocenters. The van der Waals surface area contributed by atoms with E-state index in [4.69, 9.17) is 34.8 Å². The molecule has 212 valence electrons. The topological polar surface area (TPSA) is 108 Å². The van der Waals surface area contributed by atoms with E-state index in [2.05, 4.69) is 15.6 Å². The molecule has 0 aliphatic carbocycles. The Balaban J connectivity index is 1.42. The summed E-state index contributed by atoms with van der Waals surface area (Å²) in [6, 6.07) is 12.8. The fourth-order valence-corrected chi connectivity index (χ4v) is 5.99. The summed E-state index contributed by atoms with van der Waals surface area (Å²) < 4.78 is 24.4. The SMILES string of the molecule is CC(NC(=O)CC1CCN(c2ncc(S(C)(=O)=O)cc2NC(=O)c2cccc(Cl)c2)CC1)c1ccc(Cl)cc1Cl. The number of aromatic nitrogens is 1. The van der Waals surface area contributed by atoms with Crippen LogP contribution in [0.15, 0.2) is 59.6 Å². The number of nitrogens with one attached hydrogen (secondary N) is 2. The number of amides is 2. The summed E-state index contributed by atoms with van der Waals surface area (Å²) in [7, 11) is -3.55. The Bertz CT molecular complexity index is 1530. The third-order valence-electron chi connectivity index (χ3n) is 6.80. The monoisotopic (exact) mass is 622 g/mol. The Morgan fingerprint density at radius 1 is 1.05 bits per heavy atom. The number of benzene rings is 2. The van der Waals surface area contributed by atoms with Crippen LogP contribution in [0.2, 0.25) is 15.1 Å². The Hall–Kier alpha value is -2.85. The summed E-state index contributed by atoms with van der Waals surface area (Å²) in [5, 5.41) is 7.26. The normalized spacial score (nSPS) is 15.0. The van der Waals surface area contributed by atoms with Crippen LogP contribution in [0.3, 0.4) is 0 Å². The van der Waals surface area contributed by atoms with E-state index in [0.717, 1.165) is 24.7 Å². The predicted octanol–water partition coefficient (Wildman–Crippen LogP) is 6.18. The molecule has 0 radical (unpaired) electrons. The number of nitrogens with zero attached hydrogens (tertiary/aromatic N) is 2. The molecule has 1 saturated heterocycles. The second-order valence-electron chi connectivity index (χ2n) is 9.87. The van der Waals surface area contributed by atoms with E-state index in [1.54, 1.807) is 36.4 Å². The number of pyridine rings is 1. The molecule has 2 heterocycles. The standard InChI is InChI=1S/C28H29Cl3N4O4S/c1-17(23-7-6-21(30)14-24(23)31)33-26(36)12-18-8-10-35(11-9-18)27-25(15-22(16-32-27)40(2,38)39)34-28(37)19-4-3-5-20(29)13-19/h3-7,13-18H,8-12H2,1-2H3,(H,33,36)(H,34,37). The van der Waals surface area contributed by atoms with Crippen molar-refractivity contribution in [2.45, 2.75) is 37.1 Å².